The third-order valence-corrected chi connectivity index (χ3v) is 2.94. The van der Waals surface area contributed by atoms with E-state index in [1.165, 1.54) is 12.8 Å². The van der Waals surface area contributed by atoms with Crippen LogP contribution in [0.15, 0.2) is 5.16 Å². The van der Waals surface area contributed by atoms with Gasteiger partial charge < -0.3 is 10.3 Å². The molecule has 1 rings (SSSR count). The van der Waals surface area contributed by atoms with E-state index in [1.54, 1.807) is 11.8 Å². The third kappa shape index (κ3) is 2.70. The van der Waals surface area contributed by atoms with Gasteiger partial charge in [-0.3, -0.25) is 0 Å². The number of nitrogens with zero attached hydrogens (tertiary/aromatic N) is 3. The largest absolute Gasteiger partial charge is 0.324 e. The summed E-state index contributed by atoms with van der Waals surface area (Å²) >= 11 is 1.74. The number of nitrogens with two attached hydrogens (primary N) is 1. The van der Waals surface area contributed by atoms with Crippen LogP contribution in [0.25, 0.3) is 0 Å². The normalized spacial score (nSPS) is 10.7. The van der Waals surface area contributed by atoms with Gasteiger partial charge in [0.15, 0.2) is 5.16 Å². The van der Waals surface area contributed by atoms with Crippen molar-refractivity contribution in [3.63, 3.8) is 0 Å². The maximum absolute atomic E-state index is 5.49. The van der Waals surface area contributed by atoms with Crippen molar-refractivity contribution in [1.29, 1.82) is 0 Å². The Morgan fingerprint density at radius 3 is 2.77 bits per heavy atom. The maximum Gasteiger partial charge on any atom is 0.190 e. The topological polar surface area (TPSA) is 56.7 Å². The molecule has 0 aromatic carbocycles. The van der Waals surface area contributed by atoms with Crippen LogP contribution in [0.2, 0.25) is 0 Å². The quantitative estimate of drug-likeness (QED) is 0.572. The molecule has 4 nitrogen and oxygen atoms in total. The van der Waals surface area contributed by atoms with Crippen LogP contribution in [0.5, 0.6) is 0 Å². The van der Waals surface area contributed by atoms with Crippen molar-refractivity contribution in [2.75, 3.05) is 5.75 Å². The van der Waals surface area contributed by atoms with E-state index in [0.717, 1.165) is 16.7 Å². The van der Waals surface area contributed by atoms with E-state index in [4.69, 9.17) is 5.73 Å². The summed E-state index contributed by atoms with van der Waals surface area (Å²) in [4.78, 5) is 0. The molecule has 0 fully saturated rings. The number of rotatable bonds is 5. The van der Waals surface area contributed by atoms with Gasteiger partial charge >= 0.3 is 0 Å². The second-order valence-electron chi connectivity index (χ2n) is 2.86. The van der Waals surface area contributed by atoms with Crippen LogP contribution in [0.1, 0.15) is 25.6 Å². The van der Waals surface area contributed by atoms with Gasteiger partial charge in [0.1, 0.15) is 5.82 Å². The van der Waals surface area contributed by atoms with Crippen LogP contribution in [-0.4, -0.2) is 20.5 Å². The molecule has 5 heteroatoms. The lowest BCUT2D eigenvalue weighted by atomic mass is 10.4. The first-order valence-corrected chi connectivity index (χ1v) is 5.49. The molecule has 0 aliphatic carbocycles. The highest BCUT2D eigenvalue weighted by molar-refractivity contribution is 7.99. The summed E-state index contributed by atoms with van der Waals surface area (Å²) in [5.74, 6) is 1.95. The molecule has 0 radical (unpaired) electrons. The Balaban J connectivity index is 2.51. The van der Waals surface area contributed by atoms with Crippen molar-refractivity contribution in [3.05, 3.63) is 5.82 Å². The zero-order valence-corrected chi connectivity index (χ0v) is 8.97. The summed E-state index contributed by atoms with van der Waals surface area (Å²) in [5.41, 5.74) is 5.49. The lowest BCUT2D eigenvalue weighted by Crippen LogP contribution is -2.05. The number of thioether (sulfide) groups is 1. The molecule has 0 aliphatic heterocycles. The molecule has 1 heterocycles. The van der Waals surface area contributed by atoms with Crippen LogP contribution in [0, 0.1) is 0 Å². The Hall–Kier alpha value is -0.550. The van der Waals surface area contributed by atoms with Gasteiger partial charge in [-0.05, 0) is 6.42 Å². The number of unbranched alkanes of at least 4 members (excludes halogenated alkanes) is 1. The molecule has 0 spiro atoms. The molecule has 0 amide bonds. The van der Waals surface area contributed by atoms with Gasteiger partial charge in [0.05, 0.1) is 6.54 Å². The molecule has 1 aromatic heterocycles. The van der Waals surface area contributed by atoms with Gasteiger partial charge in [-0.25, -0.2) is 0 Å². The highest BCUT2D eigenvalue weighted by Crippen LogP contribution is 2.16. The standard InChI is InChI=1S/C8H16N4S/c1-3-4-5-13-8-11-10-7(6-9)12(8)2/h3-6,9H2,1-2H3. The minimum atomic E-state index is 0.456. The van der Waals surface area contributed by atoms with Crippen molar-refractivity contribution >= 4 is 11.8 Å². The number of aromatic nitrogens is 3. The van der Waals surface area contributed by atoms with Gasteiger partial charge in [0.25, 0.3) is 0 Å². The Morgan fingerprint density at radius 2 is 2.23 bits per heavy atom. The molecule has 0 saturated carbocycles. The monoisotopic (exact) mass is 200 g/mol. The van der Waals surface area contributed by atoms with Gasteiger partial charge in [0, 0.05) is 12.8 Å². The molecule has 0 unspecified atom stereocenters. The summed E-state index contributed by atoms with van der Waals surface area (Å²) in [7, 11) is 1.95. The fourth-order valence-electron chi connectivity index (χ4n) is 0.956. The van der Waals surface area contributed by atoms with Crippen molar-refractivity contribution in [2.45, 2.75) is 31.5 Å². The highest BCUT2D eigenvalue weighted by Gasteiger charge is 2.06. The first-order valence-electron chi connectivity index (χ1n) is 4.50. The summed E-state index contributed by atoms with van der Waals surface area (Å²) in [6, 6.07) is 0. The second kappa shape index (κ2) is 5.24. The van der Waals surface area contributed by atoms with Gasteiger partial charge in [-0.2, -0.15) is 0 Å². The lowest BCUT2D eigenvalue weighted by Gasteiger charge is -2.00. The summed E-state index contributed by atoms with van der Waals surface area (Å²) in [6.07, 6.45) is 2.43. The van der Waals surface area contributed by atoms with Gasteiger partial charge in [0.2, 0.25) is 0 Å². The van der Waals surface area contributed by atoms with E-state index in [1.807, 2.05) is 11.6 Å². The fourth-order valence-corrected chi connectivity index (χ4v) is 1.97. The van der Waals surface area contributed by atoms with Gasteiger partial charge in [-0.1, -0.05) is 25.1 Å². The number of hydrogen-bond acceptors (Lipinski definition) is 4. The maximum atomic E-state index is 5.49. The van der Waals surface area contributed by atoms with Crippen molar-refractivity contribution in [3.8, 4) is 0 Å². The average molecular weight is 200 g/mol. The summed E-state index contributed by atoms with van der Waals surface area (Å²) in [5, 5.41) is 9.00. The van der Waals surface area contributed by atoms with E-state index in [2.05, 4.69) is 17.1 Å². The van der Waals surface area contributed by atoms with Crippen LogP contribution < -0.4 is 5.73 Å². The molecule has 74 valence electrons. The van der Waals surface area contributed by atoms with E-state index < -0.39 is 0 Å². The molecule has 1 aromatic rings. The molecule has 2 N–H and O–H groups in total. The molecule has 0 atom stereocenters. The van der Waals surface area contributed by atoms with Crippen LogP contribution in [-0.2, 0) is 13.6 Å². The first kappa shape index (κ1) is 10.5. The van der Waals surface area contributed by atoms with Crippen molar-refractivity contribution in [2.24, 2.45) is 12.8 Å². The minimum Gasteiger partial charge on any atom is -0.324 e. The van der Waals surface area contributed by atoms with Crippen molar-refractivity contribution < 1.29 is 0 Å². The Labute approximate surface area is 82.9 Å². The van der Waals surface area contributed by atoms with Crippen LogP contribution in [0.4, 0.5) is 0 Å². The number of hydrogen-bond donors (Lipinski definition) is 1. The second-order valence-corrected chi connectivity index (χ2v) is 3.93. The average Bonchev–Trinajstić information content (AvgIpc) is 2.48. The van der Waals surface area contributed by atoms with Crippen LogP contribution >= 0.6 is 11.8 Å². The van der Waals surface area contributed by atoms with E-state index in [-0.39, 0.29) is 0 Å². The SMILES string of the molecule is CCCCSc1nnc(CN)n1C. The highest BCUT2D eigenvalue weighted by atomic mass is 32.2. The van der Waals surface area contributed by atoms with Crippen LogP contribution in [0.3, 0.4) is 0 Å². The Morgan fingerprint density at radius 1 is 1.46 bits per heavy atom. The van der Waals surface area contributed by atoms with Crippen molar-refractivity contribution in [1.82, 2.24) is 14.8 Å². The third-order valence-electron chi connectivity index (χ3n) is 1.84. The first-order chi connectivity index (χ1) is 6.29. The fraction of sp³-hybridized carbons (Fsp3) is 0.750. The molecule has 0 bridgehead atoms. The molecule has 0 saturated heterocycles. The Kier molecular flexibility index (Phi) is 4.24. The molecular formula is C8H16N4S. The van der Waals surface area contributed by atoms with E-state index >= 15 is 0 Å². The predicted molar refractivity (Wildman–Crippen MR) is 54.5 cm³/mol. The minimum absolute atomic E-state index is 0.456. The summed E-state index contributed by atoms with van der Waals surface area (Å²) < 4.78 is 1.96. The summed E-state index contributed by atoms with van der Waals surface area (Å²) in [6.45, 7) is 2.64. The zero-order valence-electron chi connectivity index (χ0n) is 8.16. The molecule has 0 aliphatic rings. The van der Waals surface area contributed by atoms with E-state index in [0.29, 0.717) is 6.54 Å². The molecule has 13 heavy (non-hydrogen) atoms. The van der Waals surface area contributed by atoms with E-state index in [9.17, 15) is 0 Å². The predicted octanol–water partition coefficient (Wildman–Crippen LogP) is 1.17. The zero-order chi connectivity index (χ0) is 9.68. The lowest BCUT2D eigenvalue weighted by molar-refractivity contribution is 0.733. The molecular weight excluding hydrogens is 184 g/mol. The smallest absolute Gasteiger partial charge is 0.190 e. The Bertz CT molecular complexity index is 259. The van der Waals surface area contributed by atoms with Gasteiger partial charge in [-0.15, -0.1) is 10.2 Å².